The lowest BCUT2D eigenvalue weighted by atomic mass is 10.1. The first kappa shape index (κ1) is 14.0. The number of hydrogen-bond acceptors (Lipinski definition) is 3. The molecule has 5 heteroatoms. The Morgan fingerprint density at radius 2 is 1.73 bits per heavy atom. The zero-order valence-corrected chi connectivity index (χ0v) is 11.9. The lowest BCUT2D eigenvalue weighted by Crippen LogP contribution is -2.31. The van der Waals surface area contributed by atoms with Gasteiger partial charge in [0.15, 0.2) is 0 Å². The van der Waals surface area contributed by atoms with Crippen molar-refractivity contribution in [1.82, 2.24) is 10.0 Å². The molecule has 0 aliphatic rings. The van der Waals surface area contributed by atoms with E-state index in [0.29, 0.717) is 16.5 Å². The number of pyridine rings is 1. The van der Waals surface area contributed by atoms with Gasteiger partial charge in [0.1, 0.15) is 5.69 Å². The number of rotatable bonds is 3. The molecule has 0 fully saturated rings. The molecule has 0 aliphatic heterocycles. The highest BCUT2D eigenvalue weighted by Gasteiger charge is 2.16. The van der Waals surface area contributed by atoms with Crippen molar-refractivity contribution in [3.63, 3.8) is 0 Å². The van der Waals surface area contributed by atoms with Crippen LogP contribution in [-0.4, -0.2) is 17.6 Å². The smallest absolute Gasteiger partial charge is 0.277 e. The second-order valence-electron chi connectivity index (χ2n) is 4.73. The fraction of sp³-hybridized carbons (Fsp3) is 0.0588. The minimum atomic E-state index is -0.478. The van der Waals surface area contributed by atoms with Crippen molar-refractivity contribution in [1.29, 1.82) is 0 Å². The van der Waals surface area contributed by atoms with Crippen molar-refractivity contribution in [2.45, 2.75) is 0 Å². The van der Waals surface area contributed by atoms with Gasteiger partial charge in [-0.1, -0.05) is 36.4 Å². The number of carbonyl (C=O) groups excluding carboxylic acids is 1. The number of amides is 1. The molecule has 1 N–H and O–H groups in total. The zero-order chi connectivity index (χ0) is 15.5. The highest BCUT2D eigenvalue weighted by molar-refractivity contribution is 5.96. The van der Waals surface area contributed by atoms with E-state index in [1.165, 1.54) is 11.7 Å². The number of nitrogens with zero attached hydrogens (tertiary/aromatic N) is 1. The van der Waals surface area contributed by atoms with Gasteiger partial charge in [0.2, 0.25) is 0 Å². The molecule has 3 rings (SSSR count). The maximum absolute atomic E-state index is 12.8. The number of nitrogens with one attached hydrogen (secondary N) is 1. The van der Waals surface area contributed by atoms with Crippen molar-refractivity contribution in [3.8, 4) is 5.69 Å². The molecule has 1 aromatic heterocycles. The second-order valence-corrected chi connectivity index (χ2v) is 4.73. The summed E-state index contributed by atoms with van der Waals surface area (Å²) in [7, 11) is 1.35. The monoisotopic (exact) mass is 294 g/mol. The molecular weight excluding hydrogens is 280 g/mol. The number of hydroxylamine groups is 1. The third kappa shape index (κ3) is 2.38. The highest BCUT2D eigenvalue weighted by Crippen LogP contribution is 2.16. The SMILES string of the molecule is CONC(=O)c1cc2ccccc2c(=O)n1-c1ccccc1. The van der Waals surface area contributed by atoms with Crippen molar-refractivity contribution < 1.29 is 9.63 Å². The molecule has 0 saturated carbocycles. The predicted octanol–water partition coefficient (Wildman–Crippen LogP) is 2.28. The molecule has 0 spiro atoms. The van der Waals surface area contributed by atoms with E-state index < -0.39 is 5.91 Å². The quantitative estimate of drug-likeness (QED) is 0.754. The van der Waals surface area contributed by atoms with Crippen LogP contribution < -0.4 is 11.0 Å². The van der Waals surface area contributed by atoms with Crippen LogP contribution >= 0.6 is 0 Å². The molecule has 2 aromatic carbocycles. The molecule has 1 amide bonds. The number of carbonyl (C=O) groups is 1. The second kappa shape index (κ2) is 5.83. The number of para-hydroxylation sites is 1. The first-order chi connectivity index (χ1) is 10.7. The van der Waals surface area contributed by atoms with E-state index in [1.807, 2.05) is 24.3 Å². The van der Waals surface area contributed by atoms with E-state index in [0.717, 1.165) is 0 Å². The lowest BCUT2D eigenvalue weighted by Gasteiger charge is -2.13. The van der Waals surface area contributed by atoms with Crippen molar-refractivity contribution in [2.75, 3.05) is 7.11 Å². The Labute approximate surface area is 126 Å². The largest absolute Gasteiger partial charge is 0.291 e. The average molecular weight is 294 g/mol. The third-order valence-corrected chi connectivity index (χ3v) is 3.37. The Hall–Kier alpha value is -2.92. The van der Waals surface area contributed by atoms with Crippen LogP contribution in [0.2, 0.25) is 0 Å². The van der Waals surface area contributed by atoms with Crippen molar-refractivity contribution >= 4 is 16.7 Å². The van der Waals surface area contributed by atoms with Gasteiger partial charge in [-0.05, 0) is 29.7 Å². The number of hydrogen-bond donors (Lipinski definition) is 1. The number of fused-ring (bicyclic) bond motifs is 1. The van der Waals surface area contributed by atoms with E-state index >= 15 is 0 Å². The normalized spacial score (nSPS) is 10.6. The topological polar surface area (TPSA) is 60.3 Å². The predicted molar refractivity (Wildman–Crippen MR) is 84.0 cm³/mol. The summed E-state index contributed by atoms with van der Waals surface area (Å²) in [5.74, 6) is -0.478. The molecule has 3 aromatic rings. The molecule has 22 heavy (non-hydrogen) atoms. The van der Waals surface area contributed by atoms with Crippen LogP contribution in [0.3, 0.4) is 0 Å². The van der Waals surface area contributed by atoms with Crippen molar-refractivity contribution in [3.05, 3.63) is 76.7 Å². The molecule has 0 saturated heterocycles. The van der Waals surface area contributed by atoms with Gasteiger partial charge in [-0.2, -0.15) is 0 Å². The third-order valence-electron chi connectivity index (χ3n) is 3.37. The van der Waals surface area contributed by atoms with Crippen LogP contribution in [-0.2, 0) is 4.84 Å². The summed E-state index contributed by atoms with van der Waals surface area (Å²) in [6.45, 7) is 0. The lowest BCUT2D eigenvalue weighted by molar-refractivity contribution is 0.0529. The Morgan fingerprint density at radius 1 is 1.05 bits per heavy atom. The van der Waals surface area contributed by atoms with Crippen LogP contribution in [0.15, 0.2) is 65.5 Å². The summed E-state index contributed by atoms with van der Waals surface area (Å²) in [6.07, 6.45) is 0. The molecule has 5 nitrogen and oxygen atoms in total. The zero-order valence-electron chi connectivity index (χ0n) is 11.9. The van der Waals surface area contributed by atoms with Gasteiger partial charge in [-0.15, -0.1) is 0 Å². The van der Waals surface area contributed by atoms with Gasteiger partial charge >= 0.3 is 0 Å². The molecule has 0 radical (unpaired) electrons. The Balaban J connectivity index is 2.36. The van der Waals surface area contributed by atoms with E-state index in [2.05, 4.69) is 10.3 Å². The van der Waals surface area contributed by atoms with Crippen LogP contribution in [0.1, 0.15) is 10.5 Å². The molecule has 0 unspecified atom stereocenters. The Bertz CT molecular complexity index is 885. The minimum Gasteiger partial charge on any atom is -0.277 e. The maximum Gasteiger partial charge on any atom is 0.291 e. The standard InChI is InChI=1S/C17H14N2O3/c1-22-18-16(20)15-11-12-7-5-6-10-14(12)17(21)19(15)13-8-3-2-4-9-13/h2-11H,1H3,(H,18,20). The van der Waals surface area contributed by atoms with Gasteiger partial charge < -0.3 is 0 Å². The van der Waals surface area contributed by atoms with Gasteiger partial charge in [-0.3, -0.25) is 19.0 Å². The number of aromatic nitrogens is 1. The summed E-state index contributed by atoms with van der Waals surface area (Å²) in [5, 5.41) is 1.27. The van der Waals surface area contributed by atoms with Crippen LogP contribution in [0.25, 0.3) is 16.5 Å². The molecule has 110 valence electrons. The average Bonchev–Trinajstić information content (AvgIpc) is 2.56. The Morgan fingerprint density at radius 3 is 2.45 bits per heavy atom. The summed E-state index contributed by atoms with van der Waals surface area (Å²) < 4.78 is 1.39. The summed E-state index contributed by atoms with van der Waals surface area (Å²) >= 11 is 0. The summed E-state index contributed by atoms with van der Waals surface area (Å²) in [5.41, 5.74) is 2.86. The van der Waals surface area contributed by atoms with E-state index in [1.54, 1.807) is 36.4 Å². The molecule has 0 atom stereocenters. The summed E-state index contributed by atoms with van der Waals surface area (Å²) in [6, 6.07) is 17.9. The van der Waals surface area contributed by atoms with Crippen LogP contribution in [0.4, 0.5) is 0 Å². The summed E-state index contributed by atoms with van der Waals surface area (Å²) in [4.78, 5) is 29.7. The van der Waals surface area contributed by atoms with E-state index in [4.69, 9.17) is 0 Å². The van der Waals surface area contributed by atoms with Gasteiger partial charge in [-0.25, -0.2) is 5.48 Å². The van der Waals surface area contributed by atoms with Gasteiger partial charge in [0.25, 0.3) is 11.5 Å². The van der Waals surface area contributed by atoms with Crippen molar-refractivity contribution in [2.24, 2.45) is 0 Å². The fourth-order valence-corrected chi connectivity index (χ4v) is 2.40. The van der Waals surface area contributed by atoms with E-state index in [9.17, 15) is 9.59 Å². The van der Waals surface area contributed by atoms with E-state index in [-0.39, 0.29) is 11.3 Å². The maximum atomic E-state index is 12.8. The Kier molecular flexibility index (Phi) is 3.72. The number of benzene rings is 2. The first-order valence-electron chi connectivity index (χ1n) is 6.76. The highest BCUT2D eigenvalue weighted by atomic mass is 16.6. The van der Waals surface area contributed by atoms with Gasteiger partial charge in [0, 0.05) is 11.1 Å². The molecule has 1 heterocycles. The minimum absolute atomic E-state index is 0.219. The van der Waals surface area contributed by atoms with Crippen LogP contribution in [0, 0.1) is 0 Å². The molecular formula is C17H14N2O3. The fourth-order valence-electron chi connectivity index (χ4n) is 2.40. The first-order valence-corrected chi connectivity index (χ1v) is 6.76. The van der Waals surface area contributed by atoms with Gasteiger partial charge in [0.05, 0.1) is 7.11 Å². The van der Waals surface area contributed by atoms with Crippen LogP contribution in [0.5, 0.6) is 0 Å². The molecule has 0 bridgehead atoms. The molecule has 0 aliphatic carbocycles.